The predicted octanol–water partition coefficient (Wildman–Crippen LogP) is 2.95. The van der Waals surface area contributed by atoms with Crippen LogP contribution < -0.4 is 0 Å². The van der Waals surface area contributed by atoms with E-state index < -0.39 is 10.0 Å². The van der Waals surface area contributed by atoms with Crippen molar-refractivity contribution >= 4 is 21.6 Å². The smallest absolute Gasteiger partial charge is 0.244 e. The molecular weight excluding hydrogens is 284 g/mol. The molecule has 0 aromatic carbocycles. The van der Waals surface area contributed by atoms with Gasteiger partial charge in [0.25, 0.3) is 0 Å². The number of nitrogens with zero attached hydrogens (tertiary/aromatic N) is 1. The Morgan fingerprint density at radius 1 is 1.37 bits per heavy atom. The van der Waals surface area contributed by atoms with Gasteiger partial charge in [0.2, 0.25) is 10.0 Å². The van der Waals surface area contributed by atoms with Crippen molar-refractivity contribution in [3.05, 3.63) is 18.0 Å². The molecule has 19 heavy (non-hydrogen) atoms. The highest BCUT2D eigenvalue weighted by atomic mass is 35.5. The zero-order chi connectivity index (χ0) is 14.1. The molecule has 0 radical (unpaired) electrons. The van der Waals surface area contributed by atoms with E-state index in [4.69, 9.17) is 11.6 Å². The topological polar surface area (TPSA) is 53.2 Å². The van der Waals surface area contributed by atoms with Crippen LogP contribution in [0.15, 0.2) is 17.2 Å². The van der Waals surface area contributed by atoms with Gasteiger partial charge in [0.05, 0.1) is 10.8 Å². The van der Waals surface area contributed by atoms with E-state index in [0.717, 1.165) is 25.0 Å². The zero-order valence-corrected chi connectivity index (χ0v) is 13.0. The standard InChI is InChI=1S/C13H21ClN2O2S/c1-13(2)4-3-6-16(7-5-13)19(17,18)12-8-11(9-14)15-10-12/h8,10,15H,3-7,9H2,1-2H3. The number of sulfonamides is 1. The van der Waals surface area contributed by atoms with Crippen molar-refractivity contribution in [3.8, 4) is 0 Å². The van der Waals surface area contributed by atoms with Crippen molar-refractivity contribution < 1.29 is 8.42 Å². The Morgan fingerprint density at radius 3 is 2.74 bits per heavy atom. The SMILES string of the molecule is CC1(C)CCCN(S(=O)(=O)c2c[nH]c(CCl)c2)CC1. The van der Waals surface area contributed by atoms with E-state index in [0.29, 0.717) is 23.9 Å². The van der Waals surface area contributed by atoms with Crippen molar-refractivity contribution in [2.24, 2.45) is 5.41 Å². The highest BCUT2D eigenvalue weighted by molar-refractivity contribution is 7.89. The van der Waals surface area contributed by atoms with Gasteiger partial charge in [-0.25, -0.2) is 8.42 Å². The van der Waals surface area contributed by atoms with Crippen LogP contribution in [0.1, 0.15) is 38.8 Å². The van der Waals surface area contributed by atoms with E-state index in [1.54, 1.807) is 10.4 Å². The normalized spacial score (nSPS) is 21.2. The summed E-state index contributed by atoms with van der Waals surface area (Å²) in [5.41, 5.74) is 0.958. The Bertz CT molecular complexity index is 537. The first-order valence-electron chi connectivity index (χ1n) is 6.59. The molecule has 2 rings (SSSR count). The number of aromatic nitrogens is 1. The summed E-state index contributed by atoms with van der Waals surface area (Å²) >= 11 is 5.70. The van der Waals surface area contributed by atoms with E-state index in [1.165, 1.54) is 6.20 Å². The van der Waals surface area contributed by atoms with Gasteiger partial charge >= 0.3 is 0 Å². The van der Waals surface area contributed by atoms with Crippen LogP contribution in [0, 0.1) is 5.41 Å². The van der Waals surface area contributed by atoms with Crippen LogP contribution in [0.3, 0.4) is 0 Å². The second-order valence-corrected chi connectivity index (χ2v) is 8.12. The van der Waals surface area contributed by atoms with Crippen LogP contribution >= 0.6 is 11.6 Å². The fourth-order valence-electron chi connectivity index (χ4n) is 2.43. The molecule has 4 nitrogen and oxygen atoms in total. The molecule has 0 bridgehead atoms. The molecule has 0 saturated carbocycles. The summed E-state index contributed by atoms with van der Waals surface area (Å²) in [6.45, 7) is 5.60. The molecule has 0 unspecified atom stereocenters. The first kappa shape index (κ1) is 14.9. The van der Waals surface area contributed by atoms with Crippen LogP contribution in [0.5, 0.6) is 0 Å². The second kappa shape index (κ2) is 5.46. The van der Waals surface area contributed by atoms with Crippen LogP contribution in [-0.4, -0.2) is 30.8 Å². The largest absolute Gasteiger partial charge is 0.363 e. The third-order valence-electron chi connectivity index (χ3n) is 3.80. The Balaban J connectivity index is 2.20. The molecule has 0 spiro atoms. The van der Waals surface area contributed by atoms with Crippen LogP contribution in [0.2, 0.25) is 0 Å². The molecule has 1 aliphatic rings. The summed E-state index contributed by atoms with van der Waals surface area (Å²) in [6, 6.07) is 1.62. The number of hydrogen-bond donors (Lipinski definition) is 1. The van der Waals surface area contributed by atoms with Crippen molar-refractivity contribution in [1.82, 2.24) is 9.29 Å². The summed E-state index contributed by atoms with van der Waals surface area (Å²) in [4.78, 5) is 3.22. The van der Waals surface area contributed by atoms with Gasteiger partial charge < -0.3 is 4.98 Å². The zero-order valence-electron chi connectivity index (χ0n) is 11.4. The van der Waals surface area contributed by atoms with Gasteiger partial charge in [-0.05, 0) is 30.7 Å². The van der Waals surface area contributed by atoms with Gasteiger partial charge in [-0.15, -0.1) is 11.6 Å². The molecular formula is C13H21ClN2O2S. The number of halogens is 1. The average Bonchev–Trinajstić information content (AvgIpc) is 2.75. The van der Waals surface area contributed by atoms with Crippen molar-refractivity contribution in [1.29, 1.82) is 0 Å². The summed E-state index contributed by atoms with van der Waals surface area (Å²) in [5.74, 6) is 0.294. The van der Waals surface area contributed by atoms with Crippen LogP contribution in [-0.2, 0) is 15.9 Å². The number of H-pyrrole nitrogens is 1. The molecule has 1 aromatic rings. The average molecular weight is 305 g/mol. The highest BCUT2D eigenvalue weighted by Crippen LogP contribution is 2.31. The Kier molecular flexibility index (Phi) is 4.28. The van der Waals surface area contributed by atoms with E-state index in [1.807, 2.05) is 0 Å². The molecule has 1 saturated heterocycles. The number of alkyl halides is 1. The lowest BCUT2D eigenvalue weighted by Gasteiger charge is -2.22. The van der Waals surface area contributed by atoms with Crippen molar-refractivity contribution in [2.45, 2.75) is 43.9 Å². The van der Waals surface area contributed by atoms with Gasteiger partial charge in [-0.1, -0.05) is 13.8 Å². The van der Waals surface area contributed by atoms with Crippen molar-refractivity contribution in [2.75, 3.05) is 13.1 Å². The van der Waals surface area contributed by atoms with E-state index in [2.05, 4.69) is 18.8 Å². The first-order chi connectivity index (χ1) is 8.85. The number of nitrogens with one attached hydrogen (secondary N) is 1. The molecule has 6 heteroatoms. The summed E-state index contributed by atoms with van der Waals surface area (Å²) < 4.78 is 26.7. The predicted molar refractivity (Wildman–Crippen MR) is 76.7 cm³/mol. The fraction of sp³-hybridized carbons (Fsp3) is 0.692. The first-order valence-corrected chi connectivity index (χ1v) is 8.56. The Morgan fingerprint density at radius 2 is 2.11 bits per heavy atom. The van der Waals surface area contributed by atoms with Crippen molar-refractivity contribution in [3.63, 3.8) is 0 Å². The maximum absolute atomic E-state index is 12.5. The lowest BCUT2D eigenvalue weighted by Crippen LogP contribution is -2.32. The molecule has 0 atom stereocenters. The lowest BCUT2D eigenvalue weighted by atomic mass is 9.85. The summed E-state index contributed by atoms with van der Waals surface area (Å²) in [7, 11) is -3.38. The van der Waals surface area contributed by atoms with Gasteiger partial charge in [0.15, 0.2) is 0 Å². The maximum Gasteiger partial charge on any atom is 0.244 e. The summed E-state index contributed by atoms with van der Waals surface area (Å²) in [6.07, 6.45) is 4.42. The molecule has 108 valence electrons. The fourth-order valence-corrected chi connectivity index (χ4v) is 4.09. The molecule has 2 heterocycles. The van der Waals surface area contributed by atoms with E-state index in [-0.39, 0.29) is 5.41 Å². The van der Waals surface area contributed by atoms with Gasteiger partial charge in [0.1, 0.15) is 0 Å². The van der Waals surface area contributed by atoms with E-state index >= 15 is 0 Å². The van der Waals surface area contributed by atoms with E-state index in [9.17, 15) is 8.42 Å². The second-order valence-electron chi connectivity index (χ2n) is 5.92. The number of rotatable bonds is 3. The highest BCUT2D eigenvalue weighted by Gasteiger charge is 2.30. The minimum absolute atomic E-state index is 0.226. The lowest BCUT2D eigenvalue weighted by molar-refractivity contribution is 0.315. The minimum Gasteiger partial charge on any atom is -0.363 e. The molecule has 1 aliphatic heterocycles. The van der Waals surface area contributed by atoms with Gasteiger partial charge in [0, 0.05) is 25.0 Å². The van der Waals surface area contributed by atoms with Crippen LogP contribution in [0.4, 0.5) is 0 Å². The molecule has 1 aromatic heterocycles. The maximum atomic E-state index is 12.5. The molecule has 1 N–H and O–H groups in total. The third-order valence-corrected chi connectivity index (χ3v) is 5.96. The summed E-state index contributed by atoms with van der Waals surface area (Å²) in [5, 5.41) is 0. The number of hydrogen-bond acceptors (Lipinski definition) is 2. The Hall–Kier alpha value is -0.520. The van der Waals surface area contributed by atoms with Gasteiger partial charge in [-0.3, -0.25) is 0 Å². The monoisotopic (exact) mass is 304 g/mol. The van der Waals surface area contributed by atoms with Crippen LogP contribution in [0.25, 0.3) is 0 Å². The third kappa shape index (κ3) is 3.33. The quantitative estimate of drug-likeness (QED) is 0.873. The molecule has 0 amide bonds. The molecule has 1 fully saturated rings. The molecule has 0 aliphatic carbocycles. The Labute approximate surface area is 120 Å². The van der Waals surface area contributed by atoms with Gasteiger partial charge in [-0.2, -0.15) is 4.31 Å². The number of aromatic amines is 1. The minimum atomic E-state index is -3.38.